The number of H-pyrrole nitrogens is 1. The largest absolute Gasteiger partial charge is 0.338 e. The van der Waals surface area contributed by atoms with Gasteiger partial charge in [-0.1, -0.05) is 0 Å². The molecule has 148 valence electrons. The number of aromatic nitrogens is 2. The third kappa shape index (κ3) is 4.18. The SMILES string of the molecule is Cl.NCC1CCCN1C(=O)CSCc1nc2sc3c(c2c(=O)[nH]1)CCCC3. The molecular weight excluding hydrogens is 404 g/mol. The third-order valence-corrected chi connectivity index (χ3v) is 7.42. The molecule has 1 saturated heterocycles. The molecule has 2 aromatic rings. The molecule has 2 aromatic heterocycles. The molecule has 0 bridgehead atoms. The van der Waals surface area contributed by atoms with Crippen molar-refractivity contribution in [3.05, 3.63) is 26.6 Å². The van der Waals surface area contributed by atoms with E-state index >= 15 is 0 Å². The lowest BCUT2D eigenvalue weighted by Gasteiger charge is -2.23. The van der Waals surface area contributed by atoms with Gasteiger partial charge in [0.15, 0.2) is 0 Å². The van der Waals surface area contributed by atoms with Crippen molar-refractivity contribution in [3.63, 3.8) is 0 Å². The highest BCUT2D eigenvalue weighted by Gasteiger charge is 2.27. The number of nitrogens with one attached hydrogen (secondary N) is 1. The van der Waals surface area contributed by atoms with Gasteiger partial charge in [0.05, 0.1) is 16.9 Å². The van der Waals surface area contributed by atoms with Crippen molar-refractivity contribution < 1.29 is 4.79 Å². The number of thiophene rings is 1. The van der Waals surface area contributed by atoms with E-state index in [0.29, 0.717) is 23.9 Å². The number of carbonyl (C=O) groups excluding carboxylic acids is 1. The van der Waals surface area contributed by atoms with Crippen molar-refractivity contribution >= 4 is 51.6 Å². The molecule has 27 heavy (non-hydrogen) atoms. The minimum Gasteiger partial charge on any atom is -0.338 e. The summed E-state index contributed by atoms with van der Waals surface area (Å²) in [5.74, 6) is 1.74. The molecule has 1 amide bonds. The molecule has 0 aromatic carbocycles. The normalized spacial score (nSPS) is 19.1. The van der Waals surface area contributed by atoms with Crippen LogP contribution in [-0.4, -0.2) is 45.7 Å². The summed E-state index contributed by atoms with van der Waals surface area (Å²) in [5, 5.41) is 0.789. The van der Waals surface area contributed by atoms with Gasteiger partial charge in [-0.3, -0.25) is 9.59 Å². The predicted molar refractivity (Wildman–Crippen MR) is 114 cm³/mol. The van der Waals surface area contributed by atoms with E-state index in [1.165, 1.54) is 28.6 Å². The lowest BCUT2D eigenvalue weighted by molar-refractivity contribution is -0.128. The molecule has 2 aliphatic rings. The fourth-order valence-corrected chi connectivity index (χ4v) is 6.06. The van der Waals surface area contributed by atoms with Gasteiger partial charge in [0.2, 0.25) is 5.91 Å². The van der Waals surface area contributed by atoms with Crippen LogP contribution < -0.4 is 11.3 Å². The zero-order valence-electron chi connectivity index (χ0n) is 15.2. The molecular formula is C18H25ClN4O2S2. The van der Waals surface area contributed by atoms with Crippen molar-refractivity contribution in [2.75, 3.05) is 18.8 Å². The first-order valence-corrected chi connectivity index (χ1v) is 11.2. The van der Waals surface area contributed by atoms with E-state index in [1.54, 1.807) is 11.3 Å². The van der Waals surface area contributed by atoms with Crippen LogP contribution in [0.2, 0.25) is 0 Å². The second kappa shape index (κ2) is 8.94. The number of nitrogens with zero attached hydrogens (tertiary/aromatic N) is 2. The van der Waals surface area contributed by atoms with Gasteiger partial charge in [-0.25, -0.2) is 4.98 Å². The fraction of sp³-hybridized carbons (Fsp3) is 0.611. The van der Waals surface area contributed by atoms with Gasteiger partial charge in [-0.05, 0) is 44.1 Å². The number of aryl methyl sites for hydroxylation is 2. The van der Waals surface area contributed by atoms with E-state index in [4.69, 9.17) is 5.73 Å². The Hall–Kier alpha value is -1.09. The summed E-state index contributed by atoms with van der Waals surface area (Å²) in [6.45, 7) is 1.34. The maximum Gasteiger partial charge on any atom is 0.259 e. The number of nitrogens with two attached hydrogens (primary N) is 1. The van der Waals surface area contributed by atoms with Gasteiger partial charge >= 0.3 is 0 Å². The lowest BCUT2D eigenvalue weighted by atomic mass is 9.97. The second-order valence-electron chi connectivity index (χ2n) is 7.02. The van der Waals surface area contributed by atoms with Crippen molar-refractivity contribution in [2.45, 2.75) is 50.3 Å². The highest BCUT2D eigenvalue weighted by Crippen LogP contribution is 2.33. The van der Waals surface area contributed by atoms with E-state index in [0.717, 1.165) is 48.9 Å². The summed E-state index contributed by atoms with van der Waals surface area (Å²) >= 11 is 3.17. The van der Waals surface area contributed by atoms with Gasteiger partial charge in [-0.2, -0.15) is 0 Å². The van der Waals surface area contributed by atoms with E-state index in [9.17, 15) is 9.59 Å². The Labute approximate surface area is 172 Å². The van der Waals surface area contributed by atoms with Gasteiger partial charge in [0.25, 0.3) is 5.56 Å². The van der Waals surface area contributed by atoms with Crippen LogP contribution in [0.3, 0.4) is 0 Å². The van der Waals surface area contributed by atoms with Crippen LogP contribution in [0.5, 0.6) is 0 Å². The van der Waals surface area contributed by atoms with Crippen LogP contribution in [0.25, 0.3) is 10.2 Å². The first kappa shape index (κ1) is 20.6. The van der Waals surface area contributed by atoms with Crippen LogP contribution in [0.15, 0.2) is 4.79 Å². The molecule has 6 nitrogen and oxygen atoms in total. The monoisotopic (exact) mass is 428 g/mol. The molecule has 0 radical (unpaired) electrons. The Morgan fingerprint density at radius 3 is 2.96 bits per heavy atom. The summed E-state index contributed by atoms with van der Waals surface area (Å²) < 4.78 is 0. The van der Waals surface area contributed by atoms with Crippen LogP contribution in [0.1, 0.15) is 41.9 Å². The average molecular weight is 429 g/mol. The topological polar surface area (TPSA) is 92.1 Å². The highest BCUT2D eigenvalue weighted by molar-refractivity contribution is 7.99. The summed E-state index contributed by atoms with van der Waals surface area (Å²) in [6, 6.07) is 0.190. The number of hydrogen-bond acceptors (Lipinski definition) is 6. The maximum atomic E-state index is 12.5. The number of amides is 1. The number of rotatable bonds is 5. The third-order valence-electron chi connectivity index (χ3n) is 5.31. The summed E-state index contributed by atoms with van der Waals surface area (Å²) in [5.41, 5.74) is 6.92. The molecule has 1 aliphatic heterocycles. The molecule has 0 spiro atoms. The van der Waals surface area contributed by atoms with Gasteiger partial charge in [0, 0.05) is 24.0 Å². The highest BCUT2D eigenvalue weighted by atomic mass is 35.5. The molecule has 0 saturated carbocycles. The number of fused-ring (bicyclic) bond motifs is 3. The molecule has 1 fully saturated rings. The quantitative estimate of drug-likeness (QED) is 0.763. The Bertz CT molecular complexity index is 882. The summed E-state index contributed by atoms with van der Waals surface area (Å²) in [4.78, 5) is 36.6. The summed E-state index contributed by atoms with van der Waals surface area (Å²) in [7, 11) is 0. The smallest absolute Gasteiger partial charge is 0.259 e. The van der Waals surface area contributed by atoms with Gasteiger partial charge < -0.3 is 15.6 Å². The van der Waals surface area contributed by atoms with Crippen LogP contribution >= 0.6 is 35.5 Å². The Morgan fingerprint density at radius 2 is 2.15 bits per heavy atom. The van der Waals surface area contributed by atoms with E-state index < -0.39 is 0 Å². The number of hydrogen-bond donors (Lipinski definition) is 2. The Morgan fingerprint density at radius 1 is 1.33 bits per heavy atom. The molecule has 1 unspecified atom stereocenters. The van der Waals surface area contributed by atoms with E-state index in [2.05, 4.69) is 9.97 Å². The number of halogens is 1. The maximum absolute atomic E-state index is 12.5. The number of likely N-dealkylation sites (tertiary alicyclic amines) is 1. The number of aromatic amines is 1. The predicted octanol–water partition coefficient (Wildman–Crippen LogP) is 2.47. The zero-order valence-corrected chi connectivity index (χ0v) is 17.6. The minimum atomic E-state index is -0.0286. The fourth-order valence-electron chi connectivity index (χ4n) is 4.00. The van der Waals surface area contributed by atoms with Crippen molar-refractivity contribution in [3.8, 4) is 0 Å². The minimum absolute atomic E-state index is 0. The van der Waals surface area contributed by atoms with Crippen LogP contribution in [0.4, 0.5) is 0 Å². The average Bonchev–Trinajstić information content (AvgIpc) is 3.25. The Balaban J connectivity index is 0.00000210. The number of carbonyl (C=O) groups is 1. The van der Waals surface area contributed by atoms with Crippen LogP contribution in [0, 0.1) is 0 Å². The summed E-state index contributed by atoms with van der Waals surface area (Å²) in [6.07, 6.45) is 6.43. The zero-order chi connectivity index (χ0) is 18.1. The standard InChI is InChI=1S/C18H24N4O2S2.ClH/c19-8-11-4-3-7-22(11)15(23)10-25-9-14-20-17(24)16-12-5-1-2-6-13(12)26-18(16)21-14;/h11H,1-10,19H2,(H,20,21,24);1H. The lowest BCUT2D eigenvalue weighted by Crippen LogP contribution is -2.40. The van der Waals surface area contributed by atoms with Crippen LogP contribution in [-0.2, 0) is 23.4 Å². The Kier molecular flexibility index (Phi) is 6.83. The molecule has 9 heteroatoms. The van der Waals surface area contributed by atoms with Gasteiger partial charge in [0.1, 0.15) is 10.7 Å². The first-order chi connectivity index (χ1) is 12.7. The molecule has 1 aliphatic carbocycles. The van der Waals surface area contributed by atoms with E-state index in [-0.39, 0.29) is 29.9 Å². The molecule has 1 atom stereocenters. The molecule has 3 heterocycles. The van der Waals surface area contributed by atoms with Crippen molar-refractivity contribution in [1.82, 2.24) is 14.9 Å². The second-order valence-corrected chi connectivity index (χ2v) is 9.08. The van der Waals surface area contributed by atoms with Crippen molar-refractivity contribution in [1.29, 1.82) is 0 Å². The van der Waals surface area contributed by atoms with Crippen molar-refractivity contribution in [2.24, 2.45) is 5.73 Å². The van der Waals surface area contributed by atoms with E-state index in [1.807, 2.05) is 4.90 Å². The van der Waals surface area contributed by atoms with Gasteiger partial charge in [-0.15, -0.1) is 35.5 Å². The molecule has 4 rings (SSSR count). The molecule has 3 N–H and O–H groups in total. The first-order valence-electron chi connectivity index (χ1n) is 9.28. The number of thioether (sulfide) groups is 1.